The first-order chi connectivity index (χ1) is 11.3. The zero-order chi connectivity index (χ0) is 15.7. The van der Waals surface area contributed by atoms with Gasteiger partial charge in [0.15, 0.2) is 0 Å². The van der Waals surface area contributed by atoms with Crippen LogP contribution in [0.1, 0.15) is 44.3 Å². The highest BCUT2D eigenvalue weighted by Gasteiger charge is 2.57. The normalized spacial score (nSPS) is 22.0. The Balaban J connectivity index is 1.33. The van der Waals surface area contributed by atoms with Gasteiger partial charge in [0.25, 0.3) is 0 Å². The van der Waals surface area contributed by atoms with Crippen molar-refractivity contribution in [1.82, 2.24) is 30.5 Å². The van der Waals surface area contributed by atoms with Gasteiger partial charge in [0.05, 0.1) is 12.7 Å². The van der Waals surface area contributed by atoms with E-state index < -0.39 is 0 Å². The third kappa shape index (κ3) is 2.83. The van der Waals surface area contributed by atoms with Crippen molar-refractivity contribution in [3.63, 3.8) is 0 Å². The third-order valence-corrected chi connectivity index (χ3v) is 5.11. The number of H-pyrrole nitrogens is 1. The molecule has 7 heteroatoms. The lowest BCUT2D eigenvalue weighted by Gasteiger charge is -2.21. The molecule has 2 N–H and O–H groups in total. The van der Waals surface area contributed by atoms with Crippen molar-refractivity contribution in [2.24, 2.45) is 11.3 Å². The number of hydrogen-bond acceptors (Lipinski definition) is 5. The predicted octanol–water partition coefficient (Wildman–Crippen LogP) is 1.85. The standard InChI is InChI=1S/C16H20N6O/c23-15(11-8-16(11)4-2-1-3-5-16)19-10-13-20-14(22-21-13)12-9-17-6-7-18-12/h6-7,9,11H,1-5,8,10H2,(H,19,23)(H,20,21,22)/t11-/m1/s1. The third-order valence-electron chi connectivity index (χ3n) is 5.11. The van der Waals surface area contributed by atoms with Crippen LogP contribution in [0, 0.1) is 11.3 Å². The molecule has 23 heavy (non-hydrogen) atoms. The molecule has 2 saturated carbocycles. The molecule has 0 aliphatic heterocycles. The van der Waals surface area contributed by atoms with E-state index in [1.165, 1.54) is 32.1 Å². The van der Waals surface area contributed by atoms with E-state index in [-0.39, 0.29) is 11.8 Å². The first-order valence-corrected chi connectivity index (χ1v) is 8.22. The Kier molecular flexibility index (Phi) is 3.55. The highest BCUT2D eigenvalue weighted by molar-refractivity contribution is 5.82. The molecule has 2 heterocycles. The highest BCUT2D eigenvalue weighted by Crippen LogP contribution is 2.61. The van der Waals surface area contributed by atoms with E-state index in [4.69, 9.17) is 0 Å². The van der Waals surface area contributed by atoms with Crippen LogP contribution in [0.4, 0.5) is 0 Å². The van der Waals surface area contributed by atoms with Crippen molar-refractivity contribution in [1.29, 1.82) is 0 Å². The molecule has 2 aliphatic carbocycles. The van der Waals surface area contributed by atoms with Gasteiger partial charge in [-0.15, -0.1) is 0 Å². The van der Waals surface area contributed by atoms with Crippen LogP contribution in [0.2, 0.25) is 0 Å². The summed E-state index contributed by atoms with van der Waals surface area (Å²) in [4.78, 5) is 24.8. The van der Waals surface area contributed by atoms with Crippen LogP contribution in [-0.2, 0) is 11.3 Å². The summed E-state index contributed by atoms with van der Waals surface area (Å²) in [5.41, 5.74) is 0.929. The van der Waals surface area contributed by atoms with Crippen molar-refractivity contribution in [2.75, 3.05) is 0 Å². The van der Waals surface area contributed by atoms with Gasteiger partial charge in [0, 0.05) is 18.3 Å². The van der Waals surface area contributed by atoms with E-state index in [1.807, 2.05) is 0 Å². The molecular weight excluding hydrogens is 292 g/mol. The zero-order valence-electron chi connectivity index (χ0n) is 13.0. The summed E-state index contributed by atoms with van der Waals surface area (Å²) in [6.07, 6.45) is 12.2. The molecule has 0 aromatic carbocycles. The van der Waals surface area contributed by atoms with Gasteiger partial charge in [-0.3, -0.25) is 14.9 Å². The Morgan fingerprint density at radius 2 is 2.17 bits per heavy atom. The Labute approximate surface area is 134 Å². The topological polar surface area (TPSA) is 96.5 Å². The van der Waals surface area contributed by atoms with Gasteiger partial charge in [0.2, 0.25) is 11.7 Å². The molecule has 0 bridgehead atoms. The van der Waals surface area contributed by atoms with E-state index in [2.05, 4.69) is 30.5 Å². The van der Waals surface area contributed by atoms with E-state index in [9.17, 15) is 4.79 Å². The minimum Gasteiger partial charge on any atom is -0.349 e. The number of hydrogen-bond donors (Lipinski definition) is 2. The molecule has 0 saturated heterocycles. The monoisotopic (exact) mass is 312 g/mol. The zero-order valence-corrected chi connectivity index (χ0v) is 13.0. The largest absolute Gasteiger partial charge is 0.349 e. The summed E-state index contributed by atoms with van der Waals surface area (Å²) >= 11 is 0. The summed E-state index contributed by atoms with van der Waals surface area (Å²) in [5, 5.41) is 9.95. The number of nitrogens with zero attached hydrogens (tertiary/aromatic N) is 4. The number of carbonyl (C=O) groups is 1. The van der Waals surface area contributed by atoms with Crippen molar-refractivity contribution >= 4 is 5.91 Å². The van der Waals surface area contributed by atoms with Crippen LogP contribution in [-0.4, -0.2) is 31.1 Å². The Morgan fingerprint density at radius 1 is 1.30 bits per heavy atom. The number of rotatable bonds is 4. The first-order valence-electron chi connectivity index (χ1n) is 8.22. The smallest absolute Gasteiger partial charge is 0.224 e. The summed E-state index contributed by atoms with van der Waals surface area (Å²) in [6, 6.07) is 0. The quantitative estimate of drug-likeness (QED) is 0.898. The molecule has 1 spiro atoms. The minimum atomic E-state index is 0.157. The Bertz CT molecular complexity index is 692. The molecule has 0 radical (unpaired) electrons. The minimum absolute atomic E-state index is 0.157. The van der Waals surface area contributed by atoms with Gasteiger partial charge < -0.3 is 5.32 Å². The number of amides is 1. The summed E-state index contributed by atoms with van der Waals surface area (Å²) in [5.74, 6) is 1.49. The molecule has 2 aromatic heterocycles. The number of aromatic nitrogens is 5. The van der Waals surface area contributed by atoms with Crippen LogP contribution in [0.5, 0.6) is 0 Å². The maximum atomic E-state index is 12.3. The molecule has 2 aromatic rings. The lowest BCUT2D eigenvalue weighted by atomic mass is 9.84. The highest BCUT2D eigenvalue weighted by atomic mass is 16.2. The lowest BCUT2D eigenvalue weighted by Crippen LogP contribution is -2.28. The molecule has 1 amide bonds. The Morgan fingerprint density at radius 3 is 2.96 bits per heavy atom. The lowest BCUT2D eigenvalue weighted by molar-refractivity contribution is -0.123. The average molecular weight is 312 g/mol. The molecule has 4 rings (SSSR count). The van der Waals surface area contributed by atoms with Crippen LogP contribution in [0.25, 0.3) is 11.5 Å². The number of carbonyl (C=O) groups excluding carboxylic acids is 1. The van der Waals surface area contributed by atoms with Crippen molar-refractivity contribution < 1.29 is 4.79 Å². The van der Waals surface area contributed by atoms with Gasteiger partial charge >= 0.3 is 0 Å². The molecule has 0 unspecified atom stereocenters. The van der Waals surface area contributed by atoms with Gasteiger partial charge in [-0.2, -0.15) is 5.10 Å². The predicted molar refractivity (Wildman–Crippen MR) is 82.9 cm³/mol. The second-order valence-corrected chi connectivity index (χ2v) is 6.59. The van der Waals surface area contributed by atoms with E-state index in [0.29, 0.717) is 29.3 Å². The fourth-order valence-electron chi connectivity index (χ4n) is 3.72. The van der Waals surface area contributed by atoms with Crippen LogP contribution < -0.4 is 5.32 Å². The average Bonchev–Trinajstić information content (AvgIpc) is 3.08. The molecular formula is C16H20N6O. The summed E-state index contributed by atoms with van der Waals surface area (Å²) < 4.78 is 0. The fraction of sp³-hybridized carbons (Fsp3) is 0.562. The maximum Gasteiger partial charge on any atom is 0.224 e. The number of nitrogens with one attached hydrogen (secondary N) is 2. The van der Waals surface area contributed by atoms with Crippen molar-refractivity contribution in [3.05, 3.63) is 24.4 Å². The molecule has 120 valence electrons. The van der Waals surface area contributed by atoms with Crippen LogP contribution in [0.3, 0.4) is 0 Å². The van der Waals surface area contributed by atoms with E-state index >= 15 is 0 Å². The first kappa shape index (κ1) is 14.3. The van der Waals surface area contributed by atoms with Crippen molar-refractivity contribution in [2.45, 2.75) is 45.1 Å². The SMILES string of the molecule is O=C(NCc1nc(-c2cnccn2)n[nH]1)[C@H]1CC12CCCCC2. The number of aromatic amines is 1. The van der Waals surface area contributed by atoms with Crippen molar-refractivity contribution in [3.8, 4) is 11.5 Å². The second kappa shape index (κ2) is 5.72. The Hall–Kier alpha value is -2.31. The summed E-state index contributed by atoms with van der Waals surface area (Å²) in [7, 11) is 0. The molecule has 7 nitrogen and oxygen atoms in total. The molecule has 1 atom stereocenters. The molecule has 2 fully saturated rings. The van der Waals surface area contributed by atoms with E-state index in [0.717, 1.165) is 6.42 Å². The fourth-order valence-corrected chi connectivity index (χ4v) is 3.72. The van der Waals surface area contributed by atoms with Crippen LogP contribution in [0.15, 0.2) is 18.6 Å². The van der Waals surface area contributed by atoms with Gasteiger partial charge in [-0.1, -0.05) is 19.3 Å². The second-order valence-electron chi connectivity index (χ2n) is 6.59. The molecule has 2 aliphatic rings. The van der Waals surface area contributed by atoms with E-state index in [1.54, 1.807) is 18.6 Å². The van der Waals surface area contributed by atoms with Gasteiger partial charge in [-0.05, 0) is 24.7 Å². The van der Waals surface area contributed by atoms with Gasteiger partial charge in [-0.25, -0.2) is 9.97 Å². The summed E-state index contributed by atoms with van der Waals surface area (Å²) in [6.45, 7) is 0.374. The van der Waals surface area contributed by atoms with Gasteiger partial charge in [0.1, 0.15) is 11.5 Å². The maximum absolute atomic E-state index is 12.3. The van der Waals surface area contributed by atoms with Crippen LogP contribution >= 0.6 is 0 Å².